The zero-order valence-electron chi connectivity index (χ0n) is 11.1. The summed E-state index contributed by atoms with van der Waals surface area (Å²) in [5, 5.41) is -1.20. The van der Waals surface area contributed by atoms with Gasteiger partial charge >= 0.3 is 0 Å². The number of likely N-dealkylation sites (tertiary alicyclic amines) is 1. The number of carbonyl (C=O) groups is 1. The number of sulfone groups is 1. The lowest BCUT2D eigenvalue weighted by atomic mass is 10.3. The van der Waals surface area contributed by atoms with Crippen molar-refractivity contribution in [3.8, 4) is 0 Å². The van der Waals surface area contributed by atoms with Gasteiger partial charge in [-0.15, -0.1) is 0 Å². The van der Waals surface area contributed by atoms with Gasteiger partial charge in [0, 0.05) is 19.1 Å². The largest absolute Gasteiger partial charge is 0.340 e. The molecule has 0 unspecified atom stereocenters. The molecule has 1 aromatic rings. The molecule has 0 aromatic heterocycles. The molecule has 0 radical (unpaired) electrons. The van der Waals surface area contributed by atoms with Crippen LogP contribution in [0.15, 0.2) is 29.2 Å². The average Bonchev–Trinajstić information content (AvgIpc) is 2.84. The Kier molecular flexibility index (Phi) is 4.10. The molecule has 0 saturated carbocycles. The number of hydrogen-bond donors (Lipinski definition) is 1. The smallest absolute Gasteiger partial charge is 0.241 e. The van der Waals surface area contributed by atoms with Crippen molar-refractivity contribution in [3.05, 3.63) is 30.1 Å². The molecule has 1 fully saturated rings. The minimum atomic E-state index is -3.81. The molecule has 0 bridgehead atoms. The van der Waals surface area contributed by atoms with Gasteiger partial charge in [0.25, 0.3) is 0 Å². The first-order valence-electron chi connectivity index (χ1n) is 6.36. The molecule has 1 aromatic carbocycles. The van der Waals surface area contributed by atoms with Crippen molar-refractivity contribution >= 4 is 15.7 Å². The molecule has 0 spiro atoms. The van der Waals surface area contributed by atoms with Gasteiger partial charge in [-0.05, 0) is 37.6 Å². The van der Waals surface area contributed by atoms with Crippen LogP contribution in [-0.4, -0.2) is 43.6 Å². The van der Waals surface area contributed by atoms with Crippen molar-refractivity contribution in [1.82, 2.24) is 4.90 Å². The maximum atomic E-state index is 12.8. The molecule has 1 saturated heterocycles. The highest BCUT2D eigenvalue weighted by Crippen LogP contribution is 2.20. The molecule has 2 rings (SSSR count). The number of nitrogens with two attached hydrogens (primary N) is 1. The zero-order chi connectivity index (χ0) is 14.9. The number of rotatable bonds is 3. The van der Waals surface area contributed by atoms with Crippen LogP contribution in [0.1, 0.15) is 13.3 Å². The Hall–Kier alpha value is -1.47. The number of benzene rings is 1. The van der Waals surface area contributed by atoms with Crippen LogP contribution >= 0.6 is 0 Å². The summed E-state index contributed by atoms with van der Waals surface area (Å²) in [6, 6.07) is 4.37. The van der Waals surface area contributed by atoms with Crippen LogP contribution in [0.4, 0.5) is 4.39 Å². The van der Waals surface area contributed by atoms with E-state index in [2.05, 4.69) is 0 Å². The summed E-state index contributed by atoms with van der Waals surface area (Å²) < 4.78 is 37.5. The van der Waals surface area contributed by atoms with Gasteiger partial charge < -0.3 is 10.6 Å². The van der Waals surface area contributed by atoms with Gasteiger partial charge in [0.05, 0.1) is 4.90 Å². The predicted octanol–water partition coefficient (Wildman–Crippen LogP) is 0.547. The fourth-order valence-electron chi connectivity index (χ4n) is 2.21. The lowest BCUT2D eigenvalue weighted by Gasteiger charge is -2.20. The monoisotopic (exact) mass is 300 g/mol. The Labute approximate surface area is 117 Å². The SMILES string of the molecule is C[C@@H](C(=O)N1CC[C@@H](N)C1)S(=O)(=O)c1ccc(F)cc1. The van der Waals surface area contributed by atoms with Crippen molar-refractivity contribution in [3.63, 3.8) is 0 Å². The molecule has 110 valence electrons. The summed E-state index contributed by atoms with van der Waals surface area (Å²) in [7, 11) is -3.81. The van der Waals surface area contributed by atoms with E-state index in [-0.39, 0.29) is 10.9 Å². The maximum Gasteiger partial charge on any atom is 0.241 e. The average molecular weight is 300 g/mol. The van der Waals surface area contributed by atoms with Gasteiger partial charge in [-0.2, -0.15) is 0 Å². The fraction of sp³-hybridized carbons (Fsp3) is 0.462. The van der Waals surface area contributed by atoms with Gasteiger partial charge in [-0.25, -0.2) is 12.8 Å². The van der Waals surface area contributed by atoms with Gasteiger partial charge in [-0.3, -0.25) is 4.79 Å². The van der Waals surface area contributed by atoms with Crippen molar-refractivity contribution in [1.29, 1.82) is 0 Å². The Morgan fingerprint density at radius 1 is 1.40 bits per heavy atom. The number of amides is 1. The molecule has 1 heterocycles. The molecule has 7 heteroatoms. The second-order valence-corrected chi connectivity index (χ2v) is 7.24. The van der Waals surface area contributed by atoms with Crippen molar-refractivity contribution < 1.29 is 17.6 Å². The minimum absolute atomic E-state index is 0.0526. The fourth-order valence-corrected chi connectivity index (χ4v) is 3.54. The normalized spacial score (nSPS) is 20.9. The molecule has 1 aliphatic heterocycles. The van der Waals surface area contributed by atoms with E-state index in [4.69, 9.17) is 5.73 Å². The van der Waals surface area contributed by atoms with Crippen LogP contribution in [0.25, 0.3) is 0 Å². The maximum absolute atomic E-state index is 12.8. The highest BCUT2D eigenvalue weighted by molar-refractivity contribution is 7.92. The highest BCUT2D eigenvalue weighted by Gasteiger charge is 2.35. The van der Waals surface area contributed by atoms with Crippen LogP contribution in [0.5, 0.6) is 0 Å². The minimum Gasteiger partial charge on any atom is -0.340 e. The van der Waals surface area contributed by atoms with Gasteiger partial charge in [0.2, 0.25) is 5.91 Å². The van der Waals surface area contributed by atoms with Crippen molar-refractivity contribution in [2.24, 2.45) is 5.73 Å². The molecular formula is C13H17FN2O3S. The van der Waals surface area contributed by atoms with Crippen LogP contribution in [-0.2, 0) is 14.6 Å². The molecule has 1 aliphatic rings. The molecule has 20 heavy (non-hydrogen) atoms. The summed E-state index contributed by atoms with van der Waals surface area (Å²) in [6.07, 6.45) is 0.676. The van der Waals surface area contributed by atoms with Gasteiger partial charge in [0.1, 0.15) is 11.1 Å². The molecule has 2 N–H and O–H groups in total. The lowest BCUT2D eigenvalue weighted by molar-refractivity contribution is -0.129. The third-order valence-electron chi connectivity index (χ3n) is 3.49. The number of hydrogen-bond acceptors (Lipinski definition) is 4. The van der Waals surface area contributed by atoms with E-state index in [1.807, 2.05) is 0 Å². The number of carbonyl (C=O) groups excluding carboxylic acids is 1. The molecular weight excluding hydrogens is 283 g/mol. The van der Waals surface area contributed by atoms with E-state index in [0.717, 1.165) is 12.1 Å². The molecule has 1 amide bonds. The highest BCUT2D eigenvalue weighted by atomic mass is 32.2. The first-order chi connectivity index (χ1) is 9.32. The predicted molar refractivity (Wildman–Crippen MR) is 72.2 cm³/mol. The Morgan fingerprint density at radius 3 is 2.50 bits per heavy atom. The third-order valence-corrected chi connectivity index (χ3v) is 5.55. The summed E-state index contributed by atoms with van der Waals surface area (Å²) in [5.74, 6) is -0.976. The zero-order valence-corrected chi connectivity index (χ0v) is 11.9. The summed E-state index contributed by atoms with van der Waals surface area (Å²) in [4.78, 5) is 13.6. The molecule has 2 atom stereocenters. The topological polar surface area (TPSA) is 80.5 Å². The quantitative estimate of drug-likeness (QED) is 0.827. The lowest BCUT2D eigenvalue weighted by Crippen LogP contribution is -2.41. The molecule has 0 aliphatic carbocycles. The Morgan fingerprint density at radius 2 is 2.00 bits per heavy atom. The van der Waals surface area contributed by atoms with E-state index in [0.29, 0.717) is 19.5 Å². The first-order valence-corrected chi connectivity index (χ1v) is 7.91. The van der Waals surface area contributed by atoms with E-state index in [1.165, 1.54) is 24.0 Å². The van der Waals surface area contributed by atoms with E-state index >= 15 is 0 Å². The Bertz CT molecular complexity index is 601. The van der Waals surface area contributed by atoms with Crippen molar-refractivity contribution in [2.45, 2.75) is 29.5 Å². The van der Waals surface area contributed by atoms with E-state index in [9.17, 15) is 17.6 Å². The second-order valence-electron chi connectivity index (χ2n) is 4.97. The van der Waals surface area contributed by atoms with E-state index < -0.39 is 26.8 Å². The van der Waals surface area contributed by atoms with E-state index in [1.54, 1.807) is 0 Å². The number of nitrogens with zero attached hydrogens (tertiary/aromatic N) is 1. The van der Waals surface area contributed by atoms with Crippen LogP contribution < -0.4 is 5.73 Å². The number of halogens is 1. The third kappa shape index (κ3) is 2.83. The summed E-state index contributed by atoms with van der Waals surface area (Å²) >= 11 is 0. The van der Waals surface area contributed by atoms with Crippen LogP contribution in [0.2, 0.25) is 0 Å². The Balaban J connectivity index is 2.20. The van der Waals surface area contributed by atoms with Gasteiger partial charge in [0.15, 0.2) is 9.84 Å². The van der Waals surface area contributed by atoms with Gasteiger partial charge in [-0.1, -0.05) is 0 Å². The first kappa shape index (κ1) is 14.9. The van der Waals surface area contributed by atoms with Crippen LogP contribution in [0, 0.1) is 5.82 Å². The molecule has 5 nitrogen and oxygen atoms in total. The standard InChI is InChI=1S/C13H17FN2O3S/c1-9(13(17)16-7-6-11(15)8-16)20(18,19)12-4-2-10(14)3-5-12/h2-5,9,11H,6-8,15H2,1H3/t9-,11+/m0/s1. The van der Waals surface area contributed by atoms with Crippen molar-refractivity contribution in [2.75, 3.05) is 13.1 Å². The van der Waals surface area contributed by atoms with Crippen LogP contribution in [0.3, 0.4) is 0 Å². The second kappa shape index (κ2) is 5.49. The summed E-state index contributed by atoms with van der Waals surface area (Å²) in [6.45, 7) is 2.20. The summed E-state index contributed by atoms with van der Waals surface area (Å²) in [5.41, 5.74) is 5.71.